The van der Waals surface area contributed by atoms with Crippen molar-refractivity contribution in [3.8, 4) is 0 Å². The molecule has 1 aliphatic heterocycles. The first kappa shape index (κ1) is 13.5. The summed E-state index contributed by atoms with van der Waals surface area (Å²) in [6.07, 6.45) is 0.146. The van der Waals surface area contributed by atoms with Crippen LogP contribution >= 0.6 is 0 Å². The van der Waals surface area contributed by atoms with Gasteiger partial charge in [0, 0.05) is 12.6 Å². The first-order valence-corrected chi connectivity index (χ1v) is 6.58. The molecule has 1 saturated heterocycles. The minimum absolute atomic E-state index is 0.146. The van der Waals surface area contributed by atoms with E-state index in [9.17, 15) is 0 Å². The summed E-state index contributed by atoms with van der Waals surface area (Å²) in [5, 5.41) is 3.49. The molecule has 100 valence electrons. The molecule has 1 fully saturated rings. The minimum atomic E-state index is -0.431. The van der Waals surface area contributed by atoms with Crippen LogP contribution in [0, 0.1) is 6.92 Å². The molecule has 2 atom stereocenters. The molecule has 1 aromatic carbocycles. The summed E-state index contributed by atoms with van der Waals surface area (Å²) in [5.41, 5.74) is 2.60. The molecule has 1 N–H and O–H groups in total. The van der Waals surface area contributed by atoms with Gasteiger partial charge in [-0.3, -0.25) is 0 Å². The number of aryl methyl sites for hydroxylation is 1. The second-order valence-electron chi connectivity index (χ2n) is 5.49. The third-order valence-electron chi connectivity index (χ3n) is 3.30. The summed E-state index contributed by atoms with van der Waals surface area (Å²) in [4.78, 5) is 0. The Kier molecular flexibility index (Phi) is 4.05. The number of rotatable bonds is 4. The molecule has 1 heterocycles. The fourth-order valence-corrected chi connectivity index (χ4v) is 2.14. The molecule has 0 radical (unpaired) electrons. The summed E-state index contributed by atoms with van der Waals surface area (Å²) in [6, 6.07) is 8.96. The van der Waals surface area contributed by atoms with E-state index < -0.39 is 5.79 Å². The molecular weight excluding hydrogens is 226 g/mol. The number of ether oxygens (including phenoxy) is 2. The smallest absolute Gasteiger partial charge is 0.163 e. The van der Waals surface area contributed by atoms with E-state index in [-0.39, 0.29) is 6.10 Å². The zero-order valence-electron chi connectivity index (χ0n) is 11.7. The predicted octanol–water partition coefficient (Wildman–Crippen LogP) is 2.80. The molecule has 2 unspecified atom stereocenters. The standard InChI is InChI=1S/C15H23NO2/c1-11-5-7-13(8-6-11)12(2)16-9-14-10-17-15(3,4)18-14/h5-8,12,14,16H,9-10H2,1-4H3. The van der Waals surface area contributed by atoms with Crippen molar-refractivity contribution in [2.75, 3.05) is 13.2 Å². The van der Waals surface area contributed by atoms with Crippen LogP contribution in [-0.4, -0.2) is 25.0 Å². The first-order valence-electron chi connectivity index (χ1n) is 6.58. The molecule has 2 rings (SSSR count). The number of nitrogens with one attached hydrogen (secondary N) is 1. The average molecular weight is 249 g/mol. The molecule has 0 aromatic heterocycles. The van der Waals surface area contributed by atoms with Gasteiger partial charge in [-0.15, -0.1) is 0 Å². The Labute approximate surface area is 109 Å². The van der Waals surface area contributed by atoms with Crippen LogP contribution < -0.4 is 5.32 Å². The molecule has 0 bridgehead atoms. The van der Waals surface area contributed by atoms with Gasteiger partial charge in [-0.25, -0.2) is 0 Å². The lowest BCUT2D eigenvalue weighted by molar-refractivity contribution is -0.137. The fourth-order valence-electron chi connectivity index (χ4n) is 2.14. The SMILES string of the molecule is Cc1ccc(C(C)NCC2COC(C)(C)O2)cc1. The van der Waals surface area contributed by atoms with Crippen molar-refractivity contribution in [1.29, 1.82) is 0 Å². The maximum Gasteiger partial charge on any atom is 0.163 e. The van der Waals surface area contributed by atoms with Gasteiger partial charge in [0.25, 0.3) is 0 Å². The van der Waals surface area contributed by atoms with E-state index in [0.717, 1.165) is 6.54 Å². The van der Waals surface area contributed by atoms with Crippen LogP contribution in [0.3, 0.4) is 0 Å². The van der Waals surface area contributed by atoms with E-state index >= 15 is 0 Å². The van der Waals surface area contributed by atoms with Crippen molar-refractivity contribution in [3.05, 3.63) is 35.4 Å². The van der Waals surface area contributed by atoms with Gasteiger partial charge in [-0.1, -0.05) is 29.8 Å². The molecule has 0 amide bonds. The second-order valence-corrected chi connectivity index (χ2v) is 5.49. The van der Waals surface area contributed by atoms with E-state index in [0.29, 0.717) is 12.6 Å². The Morgan fingerprint density at radius 2 is 2.00 bits per heavy atom. The Bertz CT molecular complexity index is 386. The Hall–Kier alpha value is -0.900. The lowest BCUT2D eigenvalue weighted by atomic mass is 10.1. The van der Waals surface area contributed by atoms with Crippen LogP contribution in [-0.2, 0) is 9.47 Å². The molecule has 0 aliphatic carbocycles. The van der Waals surface area contributed by atoms with Crippen LogP contribution in [0.1, 0.15) is 37.9 Å². The highest BCUT2D eigenvalue weighted by Gasteiger charge is 2.32. The summed E-state index contributed by atoms with van der Waals surface area (Å²) < 4.78 is 11.3. The Balaban J connectivity index is 1.82. The van der Waals surface area contributed by atoms with Crippen molar-refractivity contribution < 1.29 is 9.47 Å². The van der Waals surface area contributed by atoms with Crippen molar-refractivity contribution >= 4 is 0 Å². The normalized spacial score (nSPS) is 24.1. The molecule has 1 aliphatic rings. The van der Waals surface area contributed by atoms with Crippen molar-refractivity contribution in [2.24, 2.45) is 0 Å². The van der Waals surface area contributed by atoms with Crippen LogP contribution in [0.25, 0.3) is 0 Å². The largest absolute Gasteiger partial charge is 0.348 e. The quantitative estimate of drug-likeness (QED) is 0.890. The van der Waals surface area contributed by atoms with Gasteiger partial charge in [0.15, 0.2) is 5.79 Å². The van der Waals surface area contributed by atoms with Crippen molar-refractivity contribution in [3.63, 3.8) is 0 Å². The maximum atomic E-state index is 5.77. The average Bonchev–Trinajstić information content (AvgIpc) is 2.67. The van der Waals surface area contributed by atoms with Gasteiger partial charge in [-0.05, 0) is 33.3 Å². The monoisotopic (exact) mass is 249 g/mol. The summed E-state index contributed by atoms with van der Waals surface area (Å²) in [7, 11) is 0. The van der Waals surface area contributed by atoms with Gasteiger partial charge in [-0.2, -0.15) is 0 Å². The third-order valence-corrected chi connectivity index (χ3v) is 3.30. The lowest BCUT2D eigenvalue weighted by Gasteiger charge is -2.19. The molecule has 0 saturated carbocycles. The minimum Gasteiger partial charge on any atom is -0.348 e. The van der Waals surface area contributed by atoms with Gasteiger partial charge in [0.05, 0.1) is 12.7 Å². The second kappa shape index (κ2) is 5.39. The molecule has 3 nitrogen and oxygen atoms in total. The highest BCUT2D eigenvalue weighted by Crippen LogP contribution is 2.22. The zero-order chi connectivity index (χ0) is 13.2. The molecule has 3 heteroatoms. The number of hydrogen-bond donors (Lipinski definition) is 1. The summed E-state index contributed by atoms with van der Waals surface area (Å²) in [5.74, 6) is -0.431. The lowest BCUT2D eigenvalue weighted by Crippen LogP contribution is -2.32. The predicted molar refractivity (Wildman–Crippen MR) is 72.5 cm³/mol. The first-order chi connectivity index (χ1) is 8.46. The topological polar surface area (TPSA) is 30.5 Å². The maximum absolute atomic E-state index is 5.77. The summed E-state index contributed by atoms with van der Waals surface area (Å²) in [6.45, 7) is 9.67. The van der Waals surface area contributed by atoms with Crippen molar-refractivity contribution in [1.82, 2.24) is 5.32 Å². The van der Waals surface area contributed by atoms with Crippen LogP contribution in [0.15, 0.2) is 24.3 Å². The van der Waals surface area contributed by atoms with E-state index in [1.807, 2.05) is 13.8 Å². The van der Waals surface area contributed by atoms with Crippen molar-refractivity contribution in [2.45, 2.75) is 45.6 Å². The van der Waals surface area contributed by atoms with E-state index in [2.05, 4.69) is 43.4 Å². The third kappa shape index (κ3) is 3.55. The van der Waals surface area contributed by atoms with Gasteiger partial charge < -0.3 is 14.8 Å². The molecule has 18 heavy (non-hydrogen) atoms. The van der Waals surface area contributed by atoms with Gasteiger partial charge in [0.1, 0.15) is 0 Å². The number of hydrogen-bond acceptors (Lipinski definition) is 3. The summed E-state index contributed by atoms with van der Waals surface area (Å²) >= 11 is 0. The Morgan fingerprint density at radius 3 is 2.56 bits per heavy atom. The van der Waals surface area contributed by atoms with E-state index in [1.54, 1.807) is 0 Å². The molecule has 0 spiro atoms. The van der Waals surface area contributed by atoms with E-state index in [1.165, 1.54) is 11.1 Å². The highest BCUT2D eigenvalue weighted by atomic mass is 16.7. The van der Waals surface area contributed by atoms with Crippen LogP contribution in [0.4, 0.5) is 0 Å². The zero-order valence-corrected chi connectivity index (χ0v) is 11.7. The van der Waals surface area contributed by atoms with Crippen LogP contribution in [0.5, 0.6) is 0 Å². The highest BCUT2D eigenvalue weighted by molar-refractivity contribution is 5.23. The molecular formula is C15H23NO2. The Morgan fingerprint density at radius 1 is 1.33 bits per heavy atom. The van der Waals surface area contributed by atoms with E-state index in [4.69, 9.17) is 9.47 Å². The molecule has 1 aromatic rings. The van der Waals surface area contributed by atoms with Gasteiger partial charge in [0.2, 0.25) is 0 Å². The fraction of sp³-hybridized carbons (Fsp3) is 0.600. The van der Waals surface area contributed by atoms with Gasteiger partial charge >= 0.3 is 0 Å². The number of benzene rings is 1. The van der Waals surface area contributed by atoms with Crippen LogP contribution in [0.2, 0.25) is 0 Å².